The molecule has 0 aliphatic carbocycles. The van der Waals surface area contributed by atoms with Crippen LogP contribution >= 0.6 is 11.8 Å². The first-order valence-electron chi connectivity index (χ1n) is 12.6. The van der Waals surface area contributed by atoms with Crippen LogP contribution in [0.25, 0.3) is 0 Å². The normalized spacial score (nSPS) is 26.0. The molecule has 3 aromatic carbocycles. The van der Waals surface area contributed by atoms with E-state index in [9.17, 15) is 19.7 Å². The minimum atomic E-state index is -0.831. The molecule has 200 valence electrons. The highest BCUT2D eigenvalue weighted by Crippen LogP contribution is 2.59. The van der Waals surface area contributed by atoms with Crippen LogP contribution in [0.1, 0.15) is 5.56 Å². The van der Waals surface area contributed by atoms with E-state index in [2.05, 4.69) is 0 Å². The van der Waals surface area contributed by atoms with Gasteiger partial charge in [0, 0.05) is 12.1 Å². The van der Waals surface area contributed by atoms with Crippen molar-refractivity contribution in [3.05, 3.63) is 101 Å². The van der Waals surface area contributed by atoms with E-state index in [4.69, 9.17) is 19.7 Å². The van der Waals surface area contributed by atoms with E-state index in [1.807, 2.05) is 60.7 Å². The Morgan fingerprint density at radius 3 is 2.38 bits per heavy atom. The monoisotopic (exact) mass is 555 g/mol. The highest BCUT2D eigenvalue weighted by atomic mass is 32.2. The van der Waals surface area contributed by atoms with Crippen molar-refractivity contribution in [3.63, 3.8) is 0 Å². The smallest absolute Gasteiger partial charge is 0.356 e. The Morgan fingerprint density at radius 2 is 1.68 bits per heavy atom. The van der Waals surface area contributed by atoms with Crippen molar-refractivity contribution >= 4 is 52.2 Å². The van der Waals surface area contributed by atoms with Gasteiger partial charge < -0.3 is 9.47 Å². The molecule has 4 heterocycles. The summed E-state index contributed by atoms with van der Waals surface area (Å²) in [5.74, 6) is -1.57. The number of hydrogen-bond acceptors (Lipinski definition) is 11. The fraction of sp³-hybridized carbons (Fsp3) is 0.214. The van der Waals surface area contributed by atoms with Crippen molar-refractivity contribution in [2.45, 2.75) is 22.8 Å². The Balaban J connectivity index is 1.30. The Morgan fingerprint density at radius 1 is 1.00 bits per heavy atom. The van der Waals surface area contributed by atoms with Crippen LogP contribution in [0.2, 0.25) is 0 Å². The molecular formula is C28H21N5O6S. The Bertz CT molecular complexity index is 1580. The van der Waals surface area contributed by atoms with E-state index in [-0.39, 0.29) is 24.6 Å². The highest BCUT2D eigenvalue weighted by molar-refractivity contribution is 8.02. The van der Waals surface area contributed by atoms with Crippen LogP contribution in [0.4, 0.5) is 17.1 Å². The minimum Gasteiger partial charge on any atom is -0.459 e. The summed E-state index contributed by atoms with van der Waals surface area (Å²) in [6.07, 6.45) is 0. The topological polar surface area (TPSA) is 127 Å². The van der Waals surface area contributed by atoms with Gasteiger partial charge in [0.1, 0.15) is 23.3 Å². The number of ether oxygens (including phenoxy) is 2. The first-order valence-corrected chi connectivity index (χ1v) is 13.5. The van der Waals surface area contributed by atoms with E-state index < -0.39 is 38.9 Å². The van der Waals surface area contributed by atoms with Gasteiger partial charge in [-0.2, -0.15) is 10.2 Å². The molecule has 0 bridgehead atoms. The molecular weight excluding hydrogens is 534 g/mol. The number of esters is 2. The molecule has 0 amide bonds. The molecule has 0 aromatic heterocycles. The van der Waals surface area contributed by atoms with E-state index in [0.717, 1.165) is 11.3 Å². The van der Waals surface area contributed by atoms with Crippen LogP contribution in [-0.4, -0.2) is 51.1 Å². The maximum absolute atomic E-state index is 13.6. The number of nitrogens with zero attached hydrogens (tertiary/aromatic N) is 5. The number of fused-ring (bicyclic) bond motifs is 2. The van der Waals surface area contributed by atoms with Gasteiger partial charge >= 0.3 is 11.9 Å². The first-order chi connectivity index (χ1) is 19.5. The highest BCUT2D eigenvalue weighted by Gasteiger charge is 2.72. The molecule has 40 heavy (non-hydrogen) atoms. The number of para-hydroxylation sites is 1. The number of cyclic esters (lactones) is 1. The van der Waals surface area contributed by atoms with Crippen molar-refractivity contribution in [3.8, 4) is 0 Å². The summed E-state index contributed by atoms with van der Waals surface area (Å²) in [7, 11) is 0. The van der Waals surface area contributed by atoms with Crippen LogP contribution in [0.3, 0.4) is 0 Å². The average molecular weight is 556 g/mol. The fourth-order valence-corrected chi connectivity index (χ4v) is 7.55. The Labute approximate surface area is 232 Å². The van der Waals surface area contributed by atoms with Crippen LogP contribution in [-0.2, 0) is 25.7 Å². The zero-order valence-electron chi connectivity index (χ0n) is 20.8. The maximum Gasteiger partial charge on any atom is 0.356 e. The molecule has 0 N–H and O–H groups in total. The molecule has 4 aliphatic heterocycles. The number of carbonyl (C=O) groups is 2. The van der Waals surface area contributed by atoms with Gasteiger partial charge in [-0.05, 0) is 29.8 Å². The molecule has 3 aromatic rings. The zero-order valence-corrected chi connectivity index (χ0v) is 21.6. The predicted molar refractivity (Wildman–Crippen MR) is 148 cm³/mol. The van der Waals surface area contributed by atoms with Gasteiger partial charge in [-0.15, -0.1) is 11.8 Å². The molecule has 7 rings (SSSR count). The molecule has 0 unspecified atom stereocenters. The number of thioether (sulfide) groups is 1. The molecule has 11 nitrogen and oxygen atoms in total. The molecule has 1 spiro atoms. The second-order valence-electron chi connectivity index (χ2n) is 9.74. The van der Waals surface area contributed by atoms with Crippen LogP contribution in [0, 0.1) is 16.0 Å². The van der Waals surface area contributed by atoms with Crippen molar-refractivity contribution in [1.29, 1.82) is 0 Å². The van der Waals surface area contributed by atoms with Crippen LogP contribution < -0.4 is 10.0 Å². The van der Waals surface area contributed by atoms with Crippen molar-refractivity contribution in [2.24, 2.45) is 16.1 Å². The lowest BCUT2D eigenvalue weighted by molar-refractivity contribution is -0.384. The largest absolute Gasteiger partial charge is 0.459 e. The van der Waals surface area contributed by atoms with E-state index in [1.54, 1.807) is 22.2 Å². The van der Waals surface area contributed by atoms with Crippen molar-refractivity contribution < 1.29 is 24.0 Å². The molecule has 2 saturated heterocycles. The number of hydrazone groups is 2. The maximum atomic E-state index is 13.6. The van der Waals surface area contributed by atoms with Gasteiger partial charge in [-0.3, -0.25) is 20.1 Å². The van der Waals surface area contributed by atoms with Gasteiger partial charge in [-0.25, -0.2) is 9.59 Å². The van der Waals surface area contributed by atoms with Crippen LogP contribution in [0.5, 0.6) is 0 Å². The Hall–Kier alpha value is -4.71. The first kappa shape index (κ1) is 24.3. The van der Waals surface area contributed by atoms with E-state index >= 15 is 0 Å². The SMILES string of the molecule is O=C(OCc1ccccc1)C1=NN(c2ccc([N+](=O)[O-])cc2)[C@H]2S[C@]34COC(=O)C3=NN(c3ccccc3)[C@@H]4[C@@H]12. The second kappa shape index (κ2) is 9.19. The van der Waals surface area contributed by atoms with Gasteiger partial charge in [0.05, 0.1) is 28.3 Å². The number of non-ortho nitro benzene ring substituents is 1. The standard InChI is InChI=1S/C28H21N5O6S/c34-26(38-15-17-7-3-1-4-8-17)22-21-24-28(16-39-27(35)23(28)30-31(24)18-9-5-2-6-10-18)40-25(21)32(29-22)19-11-13-20(14-12-19)33(36)37/h1-14,21,24-25H,15-16H2/t21-,24-,25+,28-/m1/s1. The summed E-state index contributed by atoms with van der Waals surface area (Å²) in [5.41, 5.74) is 2.63. The van der Waals surface area contributed by atoms with Crippen molar-refractivity contribution in [2.75, 3.05) is 16.6 Å². The van der Waals surface area contributed by atoms with Gasteiger partial charge in [0.2, 0.25) is 0 Å². The molecule has 4 atom stereocenters. The third kappa shape index (κ3) is 3.67. The molecule has 2 fully saturated rings. The number of hydrogen-bond donors (Lipinski definition) is 0. The number of rotatable bonds is 6. The second-order valence-corrected chi connectivity index (χ2v) is 11.2. The summed E-state index contributed by atoms with van der Waals surface area (Å²) in [5, 5.41) is 23.7. The summed E-state index contributed by atoms with van der Waals surface area (Å²) in [4.78, 5) is 37.2. The van der Waals surface area contributed by atoms with Gasteiger partial charge in [-0.1, -0.05) is 48.5 Å². The quantitative estimate of drug-likeness (QED) is 0.254. The number of nitro benzene ring substituents is 1. The van der Waals surface area contributed by atoms with Gasteiger partial charge in [0.15, 0.2) is 11.4 Å². The lowest BCUT2D eigenvalue weighted by Gasteiger charge is -2.31. The molecule has 12 heteroatoms. The lowest BCUT2D eigenvalue weighted by atomic mass is 9.84. The summed E-state index contributed by atoms with van der Waals surface area (Å²) in [6, 6.07) is 24.3. The lowest BCUT2D eigenvalue weighted by Crippen LogP contribution is -2.50. The van der Waals surface area contributed by atoms with Crippen LogP contribution in [0.15, 0.2) is 95.1 Å². The number of carbonyl (C=O) groups excluding carboxylic acids is 2. The number of benzene rings is 3. The van der Waals surface area contributed by atoms with Crippen molar-refractivity contribution in [1.82, 2.24) is 0 Å². The summed E-state index contributed by atoms with van der Waals surface area (Å²) >= 11 is 1.47. The minimum absolute atomic E-state index is 0.0556. The third-order valence-electron chi connectivity index (χ3n) is 7.48. The molecule has 4 aliphatic rings. The zero-order chi connectivity index (χ0) is 27.4. The Kier molecular flexibility index (Phi) is 5.59. The van der Waals surface area contributed by atoms with Gasteiger partial charge in [0.25, 0.3) is 5.69 Å². The third-order valence-corrected chi connectivity index (χ3v) is 9.19. The molecule has 0 radical (unpaired) electrons. The molecule has 0 saturated carbocycles. The summed E-state index contributed by atoms with van der Waals surface area (Å²) < 4.78 is 10.4. The fourth-order valence-electron chi connectivity index (χ4n) is 5.68. The summed E-state index contributed by atoms with van der Waals surface area (Å²) in [6.45, 7) is 0.180. The van der Waals surface area contributed by atoms with E-state index in [1.165, 1.54) is 23.9 Å². The predicted octanol–water partition coefficient (Wildman–Crippen LogP) is 3.74. The van der Waals surface area contributed by atoms with E-state index in [0.29, 0.717) is 11.4 Å². The number of nitro groups is 1. The average Bonchev–Trinajstić information content (AvgIpc) is 3.69. The number of anilines is 2.